The molecule has 8 heteroatoms. The second-order valence-corrected chi connectivity index (χ2v) is 15.9. The van der Waals surface area contributed by atoms with Crippen molar-refractivity contribution < 1.29 is 21.6 Å². The minimum atomic E-state index is -3.96. The molecule has 0 bridgehead atoms. The Morgan fingerprint density at radius 1 is 0.762 bits per heavy atom. The van der Waals surface area contributed by atoms with Crippen molar-refractivity contribution in [2.75, 3.05) is 18.9 Å². The summed E-state index contributed by atoms with van der Waals surface area (Å²) in [7, 11) is -7.70. The summed E-state index contributed by atoms with van der Waals surface area (Å²) in [4.78, 5) is 0.402. The van der Waals surface area contributed by atoms with E-state index in [-0.39, 0.29) is 34.6 Å². The summed E-state index contributed by atoms with van der Waals surface area (Å²) >= 11 is 0. The molecular formula is C34H43NO5S2. The first kappa shape index (κ1) is 32.0. The highest BCUT2D eigenvalue weighted by atomic mass is 32.2. The second kappa shape index (κ2) is 12.0. The minimum absolute atomic E-state index is 0.0204. The Hall–Kier alpha value is -2.94. The molecule has 0 N–H and O–H groups in total. The lowest BCUT2D eigenvalue weighted by molar-refractivity contribution is 0.205. The summed E-state index contributed by atoms with van der Waals surface area (Å²) in [5.74, 6) is -0.405. The van der Waals surface area contributed by atoms with Crippen LogP contribution in [0.2, 0.25) is 0 Å². The zero-order valence-corrected chi connectivity index (χ0v) is 27.6. The number of aryl methyl sites for hydroxylation is 2. The maximum Gasteiger partial charge on any atom is 0.243 e. The van der Waals surface area contributed by atoms with Crippen LogP contribution in [-0.2, 0) is 19.9 Å². The van der Waals surface area contributed by atoms with Crippen molar-refractivity contribution in [3.8, 4) is 5.75 Å². The first-order valence-electron chi connectivity index (χ1n) is 14.3. The molecule has 0 aliphatic carbocycles. The van der Waals surface area contributed by atoms with Crippen LogP contribution in [0.5, 0.6) is 5.75 Å². The lowest BCUT2D eigenvalue weighted by Gasteiger charge is -2.29. The van der Waals surface area contributed by atoms with Crippen molar-refractivity contribution in [1.82, 2.24) is 4.31 Å². The number of benzene rings is 3. The highest BCUT2D eigenvalue weighted by molar-refractivity contribution is 7.91. The van der Waals surface area contributed by atoms with E-state index in [0.29, 0.717) is 0 Å². The standard InChI is InChI=1S/C34H43NO5S2/c1-21(2)31-18-35(42(38,39)30-16-12-23(4)13-17-30)33(19-40-34-27(8)25(6)24(5)26(7)28(34)9)32(31)20-41(36,37)29-14-10-22(3)11-15-29/h10-17,31-33H,1,18-20H2,2-9H3/t31-,32+,33-/m1/s1. The summed E-state index contributed by atoms with van der Waals surface area (Å²) in [6, 6.07) is 12.8. The molecule has 3 aromatic carbocycles. The van der Waals surface area contributed by atoms with E-state index in [1.165, 1.54) is 9.87 Å². The van der Waals surface area contributed by atoms with Crippen LogP contribution in [-0.4, -0.2) is 46.1 Å². The Morgan fingerprint density at radius 3 is 1.69 bits per heavy atom. The summed E-state index contributed by atoms with van der Waals surface area (Å²) in [5.41, 5.74) is 8.12. The fourth-order valence-corrected chi connectivity index (χ4v) is 9.36. The van der Waals surface area contributed by atoms with Gasteiger partial charge in [-0.05, 0) is 113 Å². The third-order valence-corrected chi connectivity index (χ3v) is 12.9. The zero-order chi connectivity index (χ0) is 31.1. The van der Waals surface area contributed by atoms with Crippen molar-refractivity contribution in [2.24, 2.45) is 11.8 Å². The van der Waals surface area contributed by atoms with Crippen LogP contribution in [0, 0.1) is 60.3 Å². The van der Waals surface area contributed by atoms with Crippen molar-refractivity contribution in [3.05, 3.63) is 99.6 Å². The van der Waals surface area contributed by atoms with E-state index in [4.69, 9.17) is 4.74 Å². The lowest BCUT2D eigenvalue weighted by atomic mass is 9.88. The molecule has 42 heavy (non-hydrogen) atoms. The van der Waals surface area contributed by atoms with Crippen LogP contribution in [0.15, 0.2) is 70.5 Å². The highest BCUT2D eigenvalue weighted by Crippen LogP contribution is 2.41. The van der Waals surface area contributed by atoms with Gasteiger partial charge in [-0.2, -0.15) is 4.31 Å². The van der Waals surface area contributed by atoms with Gasteiger partial charge in [-0.15, -0.1) is 0 Å². The molecule has 0 saturated carbocycles. The maximum atomic E-state index is 14.1. The van der Waals surface area contributed by atoms with E-state index < -0.39 is 31.8 Å². The van der Waals surface area contributed by atoms with E-state index in [0.717, 1.165) is 44.7 Å². The van der Waals surface area contributed by atoms with E-state index in [1.807, 2.05) is 34.6 Å². The predicted molar refractivity (Wildman–Crippen MR) is 170 cm³/mol. The molecule has 1 saturated heterocycles. The summed E-state index contributed by atoms with van der Waals surface area (Å²) < 4.78 is 63.7. The first-order valence-corrected chi connectivity index (χ1v) is 17.4. The number of hydrogen-bond acceptors (Lipinski definition) is 5. The Kier molecular flexibility index (Phi) is 9.12. The predicted octanol–water partition coefficient (Wildman–Crippen LogP) is 6.58. The molecule has 4 rings (SSSR count). The normalized spacial score (nSPS) is 19.7. The van der Waals surface area contributed by atoms with Crippen molar-refractivity contribution in [2.45, 2.75) is 71.2 Å². The molecule has 1 aliphatic rings. The smallest absolute Gasteiger partial charge is 0.243 e. The SMILES string of the molecule is C=C(C)[C@H]1CN(S(=O)(=O)c2ccc(C)cc2)[C@H](COc2c(C)c(C)c(C)c(C)c2C)[C@H]1CS(=O)(=O)c1ccc(C)cc1. The molecule has 3 atom stereocenters. The largest absolute Gasteiger partial charge is 0.491 e. The van der Waals surface area contributed by atoms with Crippen molar-refractivity contribution in [3.63, 3.8) is 0 Å². The number of sulfone groups is 1. The number of rotatable bonds is 9. The number of hydrogen-bond donors (Lipinski definition) is 0. The molecule has 0 spiro atoms. The molecule has 1 fully saturated rings. The number of ether oxygens (including phenoxy) is 1. The molecule has 3 aromatic rings. The fourth-order valence-electron chi connectivity index (χ4n) is 5.97. The number of nitrogens with zero attached hydrogens (tertiary/aromatic N) is 1. The Labute approximate surface area is 252 Å². The van der Waals surface area contributed by atoms with Crippen LogP contribution in [0.4, 0.5) is 0 Å². The van der Waals surface area contributed by atoms with Gasteiger partial charge in [0.05, 0.1) is 21.6 Å². The third kappa shape index (κ3) is 6.08. The van der Waals surface area contributed by atoms with Gasteiger partial charge < -0.3 is 4.74 Å². The molecule has 0 unspecified atom stereocenters. The Bertz CT molecular complexity index is 1680. The Balaban J connectivity index is 1.81. The van der Waals surface area contributed by atoms with Crippen LogP contribution >= 0.6 is 0 Å². The average Bonchev–Trinajstić information content (AvgIpc) is 3.29. The average molecular weight is 610 g/mol. The number of sulfonamides is 1. The van der Waals surface area contributed by atoms with Crippen LogP contribution in [0.25, 0.3) is 0 Å². The molecule has 1 heterocycles. The van der Waals surface area contributed by atoms with Gasteiger partial charge in [-0.1, -0.05) is 47.5 Å². The minimum Gasteiger partial charge on any atom is -0.491 e. The van der Waals surface area contributed by atoms with Gasteiger partial charge in [0.2, 0.25) is 10.0 Å². The van der Waals surface area contributed by atoms with Crippen LogP contribution in [0.1, 0.15) is 45.9 Å². The van der Waals surface area contributed by atoms with Gasteiger partial charge >= 0.3 is 0 Å². The molecule has 0 aromatic heterocycles. The zero-order valence-electron chi connectivity index (χ0n) is 26.0. The monoisotopic (exact) mass is 609 g/mol. The van der Waals surface area contributed by atoms with E-state index in [2.05, 4.69) is 27.4 Å². The highest BCUT2D eigenvalue weighted by Gasteiger charge is 2.49. The first-order chi connectivity index (χ1) is 19.6. The Morgan fingerprint density at radius 2 is 1.21 bits per heavy atom. The van der Waals surface area contributed by atoms with E-state index >= 15 is 0 Å². The molecule has 0 amide bonds. The van der Waals surface area contributed by atoms with Crippen LogP contribution < -0.4 is 4.74 Å². The maximum absolute atomic E-state index is 14.1. The molecular weight excluding hydrogens is 567 g/mol. The second-order valence-electron chi connectivity index (χ2n) is 11.9. The van der Waals surface area contributed by atoms with Gasteiger partial charge in [0.15, 0.2) is 9.84 Å². The fraction of sp³-hybridized carbons (Fsp3) is 0.412. The summed E-state index contributed by atoms with van der Waals surface area (Å²) in [6.07, 6.45) is 0. The lowest BCUT2D eigenvalue weighted by Crippen LogP contribution is -2.43. The van der Waals surface area contributed by atoms with Crippen LogP contribution in [0.3, 0.4) is 0 Å². The topological polar surface area (TPSA) is 80.8 Å². The van der Waals surface area contributed by atoms with Crippen molar-refractivity contribution in [1.29, 1.82) is 0 Å². The van der Waals surface area contributed by atoms with Gasteiger partial charge in [0, 0.05) is 12.5 Å². The van der Waals surface area contributed by atoms with Crippen molar-refractivity contribution >= 4 is 19.9 Å². The van der Waals surface area contributed by atoms with Gasteiger partial charge in [0.1, 0.15) is 12.4 Å². The van der Waals surface area contributed by atoms with Gasteiger partial charge in [-0.25, -0.2) is 16.8 Å². The molecule has 1 aliphatic heterocycles. The van der Waals surface area contributed by atoms with Gasteiger partial charge in [0.25, 0.3) is 0 Å². The third-order valence-electron chi connectivity index (χ3n) is 9.14. The quantitative estimate of drug-likeness (QED) is 0.256. The summed E-state index contributed by atoms with van der Waals surface area (Å²) in [5, 5.41) is 0. The summed E-state index contributed by atoms with van der Waals surface area (Å²) in [6.45, 7) is 20.2. The molecule has 0 radical (unpaired) electrons. The van der Waals surface area contributed by atoms with E-state index in [9.17, 15) is 16.8 Å². The molecule has 6 nitrogen and oxygen atoms in total. The van der Waals surface area contributed by atoms with E-state index in [1.54, 1.807) is 48.5 Å². The van der Waals surface area contributed by atoms with Gasteiger partial charge in [-0.3, -0.25) is 0 Å². The molecule has 226 valence electrons.